The summed E-state index contributed by atoms with van der Waals surface area (Å²) in [5.74, 6) is 5.41. The molecule has 1 aromatic heterocycles. The first-order valence-electron chi connectivity index (χ1n) is 3.36. The number of rotatable bonds is 1. The third kappa shape index (κ3) is 1.09. The van der Waals surface area contributed by atoms with Crippen molar-refractivity contribution in [3.8, 4) is 5.75 Å². The lowest BCUT2D eigenvalue weighted by Crippen LogP contribution is -2.05. The summed E-state index contributed by atoms with van der Waals surface area (Å²) in [6, 6.07) is 5.04. The van der Waals surface area contributed by atoms with Gasteiger partial charge in [0.1, 0.15) is 5.75 Å². The number of hydrogen-bond donors (Lipinski definition) is 3. The number of aromatic nitrogens is 1. The van der Waals surface area contributed by atoms with Gasteiger partial charge in [-0.15, -0.1) is 0 Å². The molecule has 0 fully saturated rings. The highest BCUT2D eigenvalue weighted by atomic mass is 32.1. The molecule has 2 rings (SSSR count). The van der Waals surface area contributed by atoms with Gasteiger partial charge in [0.05, 0.1) is 10.2 Å². The van der Waals surface area contributed by atoms with Gasteiger partial charge in [0.25, 0.3) is 0 Å². The Kier molecular flexibility index (Phi) is 1.60. The lowest BCUT2D eigenvalue weighted by Gasteiger charge is -1.87. The van der Waals surface area contributed by atoms with Crippen molar-refractivity contribution >= 4 is 26.7 Å². The molecule has 0 amide bonds. The molecule has 0 atom stereocenters. The first kappa shape index (κ1) is 7.33. The standard InChI is InChI=1S/C7H7N3OS/c8-10-7-9-5-3-4(11)1-2-6(5)12-7/h1-3,11H,8H2,(H,9,10). The van der Waals surface area contributed by atoms with Crippen LogP contribution in [0, 0.1) is 0 Å². The van der Waals surface area contributed by atoms with E-state index in [2.05, 4.69) is 10.4 Å². The topological polar surface area (TPSA) is 71.2 Å². The molecule has 0 aliphatic carbocycles. The smallest absolute Gasteiger partial charge is 0.198 e. The van der Waals surface area contributed by atoms with E-state index in [1.807, 2.05) is 6.07 Å². The normalized spacial score (nSPS) is 10.4. The van der Waals surface area contributed by atoms with Crippen molar-refractivity contribution in [2.24, 2.45) is 5.84 Å². The Bertz CT molecular complexity index is 412. The number of phenolic OH excluding ortho intramolecular Hbond substituents is 1. The molecule has 0 aliphatic rings. The van der Waals surface area contributed by atoms with Crippen LogP contribution >= 0.6 is 11.3 Å². The zero-order valence-electron chi connectivity index (χ0n) is 6.11. The summed E-state index contributed by atoms with van der Waals surface area (Å²) in [5, 5.41) is 9.77. The molecule has 1 heterocycles. The molecule has 12 heavy (non-hydrogen) atoms. The SMILES string of the molecule is NNc1nc2cc(O)ccc2s1. The Balaban J connectivity index is 2.67. The molecule has 0 spiro atoms. The highest BCUT2D eigenvalue weighted by molar-refractivity contribution is 7.22. The molecule has 0 unspecified atom stereocenters. The summed E-state index contributed by atoms with van der Waals surface area (Å²) in [5.41, 5.74) is 3.22. The minimum absolute atomic E-state index is 0.219. The van der Waals surface area contributed by atoms with Crippen LogP contribution < -0.4 is 11.3 Å². The number of anilines is 1. The Morgan fingerprint density at radius 1 is 1.50 bits per heavy atom. The maximum absolute atomic E-state index is 9.13. The molecule has 2 aromatic rings. The molecular formula is C7H7N3OS. The molecule has 0 saturated carbocycles. The van der Waals surface area contributed by atoms with E-state index in [9.17, 15) is 0 Å². The van der Waals surface area contributed by atoms with E-state index in [4.69, 9.17) is 10.9 Å². The van der Waals surface area contributed by atoms with Gasteiger partial charge >= 0.3 is 0 Å². The number of benzene rings is 1. The van der Waals surface area contributed by atoms with Crippen LogP contribution in [0.3, 0.4) is 0 Å². The van der Waals surface area contributed by atoms with E-state index >= 15 is 0 Å². The summed E-state index contributed by atoms with van der Waals surface area (Å²) < 4.78 is 1.00. The third-order valence-electron chi connectivity index (χ3n) is 1.49. The predicted octanol–water partition coefficient (Wildman–Crippen LogP) is 1.29. The number of aromatic hydroxyl groups is 1. The highest BCUT2D eigenvalue weighted by Gasteiger charge is 2.01. The van der Waals surface area contributed by atoms with Crippen molar-refractivity contribution in [2.75, 3.05) is 5.43 Å². The van der Waals surface area contributed by atoms with E-state index in [0.717, 1.165) is 10.2 Å². The second kappa shape index (κ2) is 2.62. The molecule has 0 aliphatic heterocycles. The van der Waals surface area contributed by atoms with Crippen molar-refractivity contribution < 1.29 is 5.11 Å². The first-order valence-corrected chi connectivity index (χ1v) is 4.17. The van der Waals surface area contributed by atoms with Gasteiger partial charge in [0.2, 0.25) is 0 Å². The first-order chi connectivity index (χ1) is 5.79. The molecule has 4 nitrogen and oxygen atoms in total. The quantitative estimate of drug-likeness (QED) is 0.458. The number of fused-ring (bicyclic) bond motifs is 1. The second-order valence-electron chi connectivity index (χ2n) is 2.32. The van der Waals surface area contributed by atoms with E-state index in [0.29, 0.717) is 5.13 Å². The average Bonchev–Trinajstić information content (AvgIpc) is 2.46. The van der Waals surface area contributed by atoms with Gasteiger partial charge in [0, 0.05) is 6.07 Å². The lowest BCUT2D eigenvalue weighted by atomic mass is 10.3. The molecule has 0 saturated heterocycles. The summed E-state index contributed by atoms with van der Waals surface area (Å²) in [7, 11) is 0. The van der Waals surface area contributed by atoms with Gasteiger partial charge in [-0.25, -0.2) is 10.8 Å². The predicted molar refractivity (Wildman–Crippen MR) is 49.1 cm³/mol. The van der Waals surface area contributed by atoms with Crippen LogP contribution in [0.15, 0.2) is 18.2 Å². The Morgan fingerprint density at radius 3 is 3.08 bits per heavy atom. The summed E-state index contributed by atoms with van der Waals surface area (Å²) in [4.78, 5) is 4.11. The molecule has 1 aromatic carbocycles. The van der Waals surface area contributed by atoms with Gasteiger partial charge in [-0.3, -0.25) is 5.43 Å². The van der Waals surface area contributed by atoms with Gasteiger partial charge in [-0.1, -0.05) is 11.3 Å². The fourth-order valence-electron chi connectivity index (χ4n) is 0.978. The van der Waals surface area contributed by atoms with Crippen LogP contribution in [0.1, 0.15) is 0 Å². The molecule has 5 heteroatoms. The Hall–Kier alpha value is -1.33. The minimum atomic E-state index is 0.219. The number of hydrazine groups is 1. The van der Waals surface area contributed by atoms with Crippen LogP contribution in [-0.2, 0) is 0 Å². The lowest BCUT2D eigenvalue weighted by molar-refractivity contribution is 0.476. The summed E-state index contributed by atoms with van der Waals surface area (Å²) >= 11 is 1.45. The van der Waals surface area contributed by atoms with E-state index in [-0.39, 0.29) is 5.75 Å². The van der Waals surface area contributed by atoms with Gasteiger partial charge in [-0.2, -0.15) is 0 Å². The van der Waals surface area contributed by atoms with Crippen molar-refractivity contribution in [3.63, 3.8) is 0 Å². The number of phenols is 1. The number of nitrogens with two attached hydrogens (primary N) is 1. The Labute approximate surface area is 72.6 Å². The zero-order chi connectivity index (χ0) is 8.55. The molecule has 62 valence electrons. The van der Waals surface area contributed by atoms with Crippen LogP contribution in [0.4, 0.5) is 5.13 Å². The molecule has 0 radical (unpaired) electrons. The van der Waals surface area contributed by atoms with Crippen molar-refractivity contribution in [2.45, 2.75) is 0 Å². The van der Waals surface area contributed by atoms with Gasteiger partial charge in [0.15, 0.2) is 5.13 Å². The van der Waals surface area contributed by atoms with Crippen molar-refractivity contribution in [1.29, 1.82) is 0 Å². The highest BCUT2D eigenvalue weighted by Crippen LogP contribution is 2.27. The third-order valence-corrected chi connectivity index (χ3v) is 2.46. The monoisotopic (exact) mass is 181 g/mol. The largest absolute Gasteiger partial charge is 0.508 e. The van der Waals surface area contributed by atoms with E-state index in [1.54, 1.807) is 12.1 Å². The Morgan fingerprint density at radius 2 is 2.33 bits per heavy atom. The minimum Gasteiger partial charge on any atom is -0.508 e. The molecular weight excluding hydrogens is 174 g/mol. The van der Waals surface area contributed by atoms with Crippen LogP contribution in [-0.4, -0.2) is 10.1 Å². The maximum Gasteiger partial charge on any atom is 0.198 e. The van der Waals surface area contributed by atoms with Gasteiger partial charge < -0.3 is 5.11 Å². The fourth-order valence-corrected chi connectivity index (χ4v) is 1.73. The number of nitrogens with one attached hydrogen (secondary N) is 1. The average molecular weight is 181 g/mol. The number of nitrogen functional groups attached to an aromatic ring is 1. The number of thiazole rings is 1. The summed E-state index contributed by atoms with van der Waals surface area (Å²) in [6.07, 6.45) is 0. The van der Waals surface area contributed by atoms with Crippen LogP contribution in [0.25, 0.3) is 10.2 Å². The summed E-state index contributed by atoms with van der Waals surface area (Å²) in [6.45, 7) is 0. The van der Waals surface area contributed by atoms with Crippen LogP contribution in [0.2, 0.25) is 0 Å². The second-order valence-corrected chi connectivity index (χ2v) is 3.35. The number of hydrogen-bond acceptors (Lipinski definition) is 5. The van der Waals surface area contributed by atoms with Gasteiger partial charge in [-0.05, 0) is 12.1 Å². The fraction of sp³-hybridized carbons (Fsp3) is 0. The van der Waals surface area contributed by atoms with E-state index < -0.39 is 0 Å². The van der Waals surface area contributed by atoms with Crippen molar-refractivity contribution in [3.05, 3.63) is 18.2 Å². The molecule has 4 N–H and O–H groups in total. The van der Waals surface area contributed by atoms with Crippen LogP contribution in [0.5, 0.6) is 5.75 Å². The maximum atomic E-state index is 9.13. The van der Waals surface area contributed by atoms with E-state index in [1.165, 1.54) is 11.3 Å². The number of nitrogens with zero attached hydrogens (tertiary/aromatic N) is 1. The zero-order valence-corrected chi connectivity index (χ0v) is 6.93. The molecule has 0 bridgehead atoms. The van der Waals surface area contributed by atoms with Crippen molar-refractivity contribution in [1.82, 2.24) is 4.98 Å².